The molecule has 0 fully saturated rings. The molecule has 1 aliphatic rings. The zero-order valence-electron chi connectivity index (χ0n) is 14.0. The number of hydrogen-bond donors (Lipinski definition) is 0. The topological polar surface area (TPSA) is 60.9 Å². The van der Waals surface area contributed by atoms with Gasteiger partial charge in [-0.25, -0.2) is 4.98 Å². The minimum absolute atomic E-state index is 0.0365. The second-order valence-corrected chi connectivity index (χ2v) is 5.54. The normalized spacial score (nSPS) is 13.2. The highest BCUT2D eigenvalue weighted by Crippen LogP contribution is 2.33. The molecule has 0 saturated carbocycles. The van der Waals surface area contributed by atoms with Crippen LogP contribution in [0, 0.1) is 0 Å². The van der Waals surface area contributed by atoms with E-state index in [0.29, 0.717) is 30.3 Å². The molecule has 2 aromatic rings. The fourth-order valence-electron chi connectivity index (χ4n) is 2.87. The number of methoxy groups -OCH3 is 3. The quantitative estimate of drug-likeness (QED) is 0.862. The van der Waals surface area contributed by atoms with Gasteiger partial charge in [0.25, 0.3) is 5.91 Å². The van der Waals surface area contributed by atoms with Gasteiger partial charge in [-0.2, -0.15) is 0 Å². The average molecular weight is 328 g/mol. The summed E-state index contributed by atoms with van der Waals surface area (Å²) in [6.45, 7) is 1.20. The van der Waals surface area contributed by atoms with Crippen LogP contribution in [0.3, 0.4) is 0 Å². The molecule has 1 amide bonds. The Hall–Kier alpha value is -2.76. The maximum atomic E-state index is 12.7. The molecule has 24 heavy (non-hydrogen) atoms. The van der Waals surface area contributed by atoms with Gasteiger partial charge in [0.2, 0.25) is 5.88 Å². The monoisotopic (exact) mass is 328 g/mol. The Morgan fingerprint density at radius 3 is 2.33 bits per heavy atom. The van der Waals surface area contributed by atoms with E-state index in [-0.39, 0.29) is 5.91 Å². The van der Waals surface area contributed by atoms with Crippen molar-refractivity contribution in [2.75, 3.05) is 27.9 Å². The maximum absolute atomic E-state index is 12.7. The number of carbonyl (C=O) groups excluding carboxylic acids is 1. The second kappa shape index (κ2) is 6.78. The standard InChI is InChI=1S/C18H20N2O4/c1-22-15-8-12-6-7-20(11-14(12)9-16(15)23-2)18(21)13-4-5-17(24-3)19-10-13/h4-5,8-10H,6-7,11H2,1-3H3. The fraction of sp³-hybridized carbons (Fsp3) is 0.333. The molecular weight excluding hydrogens is 308 g/mol. The Kier molecular flexibility index (Phi) is 4.55. The number of benzene rings is 1. The minimum atomic E-state index is -0.0365. The lowest BCUT2D eigenvalue weighted by molar-refractivity contribution is 0.0734. The number of pyridine rings is 1. The molecule has 6 heteroatoms. The number of fused-ring (bicyclic) bond motifs is 1. The number of hydrogen-bond acceptors (Lipinski definition) is 5. The number of rotatable bonds is 4. The first kappa shape index (κ1) is 16.1. The molecule has 0 bridgehead atoms. The van der Waals surface area contributed by atoms with Gasteiger partial charge in [-0.1, -0.05) is 0 Å². The summed E-state index contributed by atoms with van der Waals surface area (Å²) in [5.74, 6) is 1.85. The average Bonchev–Trinajstić information content (AvgIpc) is 2.65. The van der Waals surface area contributed by atoms with E-state index in [4.69, 9.17) is 14.2 Å². The van der Waals surface area contributed by atoms with Crippen molar-refractivity contribution in [1.82, 2.24) is 9.88 Å². The third-order valence-corrected chi connectivity index (χ3v) is 4.20. The van der Waals surface area contributed by atoms with Crippen LogP contribution >= 0.6 is 0 Å². The minimum Gasteiger partial charge on any atom is -0.493 e. The third-order valence-electron chi connectivity index (χ3n) is 4.20. The zero-order chi connectivity index (χ0) is 17.1. The predicted molar refractivity (Wildman–Crippen MR) is 88.8 cm³/mol. The summed E-state index contributed by atoms with van der Waals surface area (Å²) in [7, 11) is 4.78. The molecule has 0 saturated heterocycles. The molecule has 0 radical (unpaired) electrons. The van der Waals surface area contributed by atoms with Crippen molar-refractivity contribution in [3.8, 4) is 17.4 Å². The molecule has 1 aromatic carbocycles. The molecule has 2 heterocycles. The van der Waals surface area contributed by atoms with Gasteiger partial charge in [0.1, 0.15) is 0 Å². The number of ether oxygens (including phenoxy) is 3. The Morgan fingerprint density at radius 1 is 1.04 bits per heavy atom. The summed E-state index contributed by atoms with van der Waals surface area (Å²) in [6.07, 6.45) is 2.33. The summed E-state index contributed by atoms with van der Waals surface area (Å²) in [5, 5.41) is 0. The van der Waals surface area contributed by atoms with Gasteiger partial charge in [0.15, 0.2) is 11.5 Å². The SMILES string of the molecule is COc1ccc(C(=O)N2CCc3cc(OC)c(OC)cc3C2)cn1. The highest BCUT2D eigenvalue weighted by Gasteiger charge is 2.24. The molecule has 1 aromatic heterocycles. The van der Waals surface area contributed by atoms with E-state index in [2.05, 4.69) is 4.98 Å². The van der Waals surface area contributed by atoms with Crippen LogP contribution in [-0.4, -0.2) is 43.7 Å². The zero-order valence-corrected chi connectivity index (χ0v) is 14.0. The lowest BCUT2D eigenvalue weighted by atomic mass is 9.98. The Bertz CT molecular complexity index is 743. The predicted octanol–water partition coefficient (Wildman–Crippen LogP) is 2.31. The largest absolute Gasteiger partial charge is 0.493 e. The molecule has 0 N–H and O–H groups in total. The van der Waals surface area contributed by atoms with Crippen molar-refractivity contribution < 1.29 is 19.0 Å². The van der Waals surface area contributed by atoms with Gasteiger partial charge in [-0.15, -0.1) is 0 Å². The number of aromatic nitrogens is 1. The maximum Gasteiger partial charge on any atom is 0.255 e. The Balaban J connectivity index is 1.82. The highest BCUT2D eigenvalue weighted by atomic mass is 16.5. The third kappa shape index (κ3) is 2.99. The summed E-state index contributed by atoms with van der Waals surface area (Å²) in [6, 6.07) is 7.36. The molecule has 0 atom stereocenters. The summed E-state index contributed by atoms with van der Waals surface area (Å²) >= 11 is 0. The smallest absolute Gasteiger partial charge is 0.255 e. The number of nitrogens with zero attached hydrogens (tertiary/aromatic N) is 2. The lowest BCUT2D eigenvalue weighted by Gasteiger charge is -2.29. The van der Waals surface area contributed by atoms with Crippen LogP contribution in [0.15, 0.2) is 30.5 Å². The van der Waals surface area contributed by atoms with E-state index in [9.17, 15) is 4.79 Å². The highest BCUT2D eigenvalue weighted by molar-refractivity contribution is 5.94. The van der Waals surface area contributed by atoms with Gasteiger partial charge in [-0.3, -0.25) is 4.79 Å². The van der Waals surface area contributed by atoms with Gasteiger partial charge < -0.3 is 19.1 Å². The fourth-order valence-corrected chi connectivity index (χ4v) is 2.87. The van der Waals surface area contributed by atoms with Crippen LogP contribution < -0.4 is 14.2 Å². The van der Waals surface area contributed by atoms with E-state index < -0.39 is 0 Å². The van der Waals surface area contributed by atoms with E-state index in [1.807, 2.05) is 17.0 Å². The first-order valence-electron chi connectivity index (χ1n) is 7.69. The van der Waals surface area contributed by atoms with Crippen molar-refractivity contribution >= 4 is 5.91 Å². The second-order valence-electron chi connectivity index (χ2n) is 5.54. The Labute approximate surface area is 141 Å². The molecule has 0 aliphatic carbocycles. The number of amides is 1. The lowest BCUT2D eigenvalue weighted by Crippen LogP contribution is -2.36. The summed E-state index contributed by atoms with van der Waals surface area (Å²) in [5.41, 5.74) is 2.82. The van der Waals surface area contributed by atoms with E-state index in [1.165, 1.54) is 5.56 Å². The molecule has 3 rings (SSSR count). The van der Waals surface area contributed by atoms with E-state index in [0.717, 1.165) is 17.7 Å². The molecule has 1 aliphatic heterocycles. The van der Waals surface area contributed by atoms with Crippen molar-refractivity contribution in [3.63, 3.8) is 0 Å². The van der Waals surface area contributed by atoms with Crippen LogP contribution in [-0.2, 0) is 13.0 Å². The summed E-state index contributed by atoms with van der Waals surface area (Å²) < 4.78 is 15.7. The van der Waals surface area contributed by atoms with Gasteiger partial charge in [0, 0.05) is 25.4 Å². The Morgan fingerprint density at radius 2 is 1.75 bits per heavy atom. The van der Waals surface area contributed by atoms with Crippen LogP contribution in [0.5, 0.6) is 17.4 Å². The summed E-state index contributed by atoms with van der Waals surface area (Å²) in [4.78, 5) is 18.6. The molecule has 6 nitrogen and oxygen atoms in total. The van der Waals surface area contributed by atoms with Crippen molar-refractivity contribution in [2.45, 2.75) is 13.0 Å². The van der Waals surface area contributed by atoms with E-state index in [1.54, 1.807) is 39.7 Å². The van der Waals surface area contributed by atoms with Gasteiger partial charge in [-0.05, 0) is 35.7 Å². The van der Waals surface area contributed by atoms with Crippen LogP contribution in [0.2, 0.25) is 0 Å². The molecule has 126 valence electrons. The van der Waals surface area contributed by atoms with Gasteiger partial charge in [0.05, 0.1) is 26.9 Å². The molecule has 0 spiro atoms. The van der Waals surface area contributed by atoms with Gasteiger partial charge >= 0.3 is 0 Å². The van der Waals surface area contributed by atoms with Crippen molar-refractivity contribution in [3.05, 3.63) is 47.2 Å². The van der Waals surface area contributed by atoms with E-state index >= 15 is 0 Å². The van der Waals surface area contributed by atoms with Crippen molar-refractivity contribution in [1.29, 1.82) is 0 Å². The first-order valence-corrected chi connectivity index (χ1v) is 7.69. The van der Waals surface area contributed by atoms with Crippen LogP contribution in [0.25, 0.3) is 0 Å². The van der Waals surface area contributed by atoms with Crippen LogP contribution in [0.1, 0.15) is 21.5 Å². The molecule has 0 unspecified atom stereocenters. The van der Waals surface area contributed by atoms with Crippen molar-refractivity contribution in [2.24, 2.45) is 0 Å². The first-order chi connectivity index (χ1) is 11.7. The van der Waals surface area contributed by atoms with Crippen LogP contribution in [0.4, 0.5) is 0 Å². The number of carbonyl (C=O) groups is 1. The molecular formula is C18H20N2O4.